The molecule has 0 bridgehead atoms. The van der Waals surface area contributed by atoms with Crippen LogP contribution in [0, 0.1) is 9.39 Å². The number of carbonyl (C=O) groups excluding carboxylic acids is 1. The van der Waals surface area contributed by atoms with Gasteiger partial charge in [-0.3, -0.25) is 9.89 Å². The first kappa shape index (κ1) is 16.2. The molecule has 0 aliphatic heterocycles. The number of benzene rings is 2. The molecule has 118 valence electrons. The average molecular weight is 444 g/mol. The molecule has 1 N–H and O–H groups in total. The van der Waals surface area contributed by atoms with Crippen molar-refractivity contribution in [2.45, 2.75) is 6.54 Å². The number of rotatable bonds is 3. The van der Waals surface area contributed by atoms with Gasteiger partial charge in [-0.05, 0) is 52.9 Å². The Labute approximate surface area is 150 Å². The standard InChI is InChI=1S/C16H12ClFIN3O/c1-22(8-11-12(17)3-2-4-13(11)18)16(23)15-10-7-9(19)5-6-14(10)20-21-15/h2-7H,8H2,1H3,(H,20,21). The summed E-state index contributed by atoms with van der Waals surface area (Å²) in [6.07, 6.45) is 0. The number of aromatic amines is 1. The van der Waals surface area contributed by atoms with Crippen molar-refractivity contribution < 1.29 is 9.18 Å². The molecular weight excluding hydrogens is 432 g/mol. The largest absolute Gasteiger partial charge is 0.336 e. The molecule has 0 fully saturated rings. The summed E-state index contributed by atoms with van der Waals surface area (Å²) in [4.78, 5) is 14.0. The van der Waals surface area contributed by atoms with Crippen LogP contribution in [0.5, 0.6) is 0 Å². The second-order valence-corrected chi connectivity index (χ2v) is 6.78. The van der Waals surface area contributed by atoms with Gasteiger partial charge in [-0.1, -0.05) is 17.7 Å². The number of aromatic nitrogens is 2. The Hall–Kier alpha value is -1.67. The Bertz CT molecular complexity index is 876. The average Bonchev–Trinajstić information content (AvgIpc) is 2.93. The van der Waals surface area contributed by atoms with E-state index in [4.69, 9.17) is 11.6 Å². The van der Waals surface area contributed by atoms with Crippen LogP contribution in [0.3, 0.4) is 0 Å². The van der Waals surface area contributed by atoms with E-state index in [0.29, 0.717) is 16.3 Å². The van der Waals surface area contributed by atoms with Crippen LogP contribution in [-0.2, 0) is 6.54 Å². The predicted molar refractivity (Wildman–Crippen MR) is 96.0 cm³/mol. The van der Waals surface area contributed by atoms with Crippen LogP contribution in [0.1, 0.15) is 16.1 Å². The lowest BCUT2D eigenvalue weighted by Crippen LogP contribution is -2.27. The molecule has 1 heterocycles. The van der Waals surface area contributed by atoms with Crippen LogP contribution < -0.4 is 0 Å². The van der Waals surface area contributed by atoms with Gasteiger partial charge in [0.2, 0.25) is 0 Å². The number of halogens is 3. The lowest BCUT2D eigenvalue weighted by molar-refractivity contribution is 0.0780. The van der Waals surface area contributed by atoms with Gasteiger partial charge in [0.05, 0.1) is 12.1 Å². The summed E-state index contributed by atoms with van der Waals surface area (Å²) < 4.78 is 14.9. The molecule has 0 aliphatic rings. The van der Waals surface area contributed by atoms with E-state index in [-0.39, 0.29) is 12.5 Å². The number of fused-ring (bicyclic) bond motifs is 1. The Kier molecular flexibility index (Phi) is 4.54. The zero-order chi connectivity index (χ0) is 16.6. The maximum absolute atomic E-state index is 13.9. The van der Waals surface area contributed by atoms with Crippen LogP contribution in [0.25, 0.3) is 10.9 Å². The van der Waals surface area contributed by atoms with E-state index < -0.39 is 5.82 Å². The van der Waals surface area contributed by atoms with Crippen LogP contribution in [0.2, 0.25) is 5.02 Å². The lowest BCUT2D eigenvalue weighted by Gasteiger charge is -2.17. The monoisotopic (exact) mass is 443 g/mol. The van der Waals surface area contributed by atoms with Gasteiger partial charge in [-0.15, -0.1) is 0 Å². The maximum atomic E-state index is 13.9. The first-order valence-electron chi connectivity index (χ1n) is 6.79. The van der Waals surface area contributed by atoms with E-state index >= 15 is 0 Å². The fourth-order valence-electron chi connectivity index (χ4n) is 2.32. The molecule has 1 aromatic heterocycles. The molecule has 1 amide bonds. The second-order valence-electron chi connectivity index (χ2n) is 5.12. The number of amides is 1. The molecule has 0 aliphatic carbocycles. The lowest BCUT2D eigenvalue weighted by atomic mass is 10.1. The first-order valence-corrected chi connectivity index (χ1v) is 8.25. The Balaban J connectivity index is 1.91. The van der Waals surface area contributed by atoms with Gasteiger partial charge in [0, 0.05) is 26.6 Å². The SMILES string of the molecule is CN(Cc1c(F)cccc1Cl)C(=O)c1n[nH]c2ccc(I)cc12. The number of carbonyl (C=O) groups is 1. The van der Waals surface area contributed by atoms with E-state index in [2.05, 4.69) is 32.8 Å². The van der Waals surface area contributed by atoms with Crippen LogP contribution >= 0.6 is 34.2 Å². The molecule has 0 unspecified atom stereocenters. The molecule has 0 atom stereocenters. The Morgan fingerprint density at radius 3 is 2.91 bits per heavy atom. The smallest absolute Gasteiger partial charge is 0.275 e. The zero-order valence-corrected chi connectivity index (χ0v) is 15.0. The fraction of sp³-hybridized carbons (Fsp3) is 0.125. The minimum atomic E-state index is -0.432. The summed E-state index contributed by atoms with van der Waals surface area (Å²) in [5.74, 6) is -0.726. The van der Waals surface area contributed by atoms with Crippen molar-refractivity contribution >= 4 is 51.0 Å². The molecule has 0 saturated carbocycles. The third-order valence-electron chi connectivity index (χ3n) is 3.53. The third kappa shape index (κ3) is 3.18. The molecule has 3 aromatic rings. The summed E-state index contributed by atoms with van der Waals surface area (Å²) in [5, 5.41) is 7.98. The van der Waals surface area contributed by atoms with Crippen molar-refractivity contribution in [1.82, 2.24) is 15.1 Å². The molecule has 0 spiro atoms. The summed E-state index contributed by atoms with van der Waals surface area (Å²) in [6, 6.07) is 10.1. The first-order chi connectivity index (χ1) is 11.0. The Morgan fingerprint density at radius 1 is 1.39 bits per heavy atom. The van der Waals surface area contributed by atoms with Crippen LogP contribution in [0.4, 0.5) is 4.39 Å². The summed E-state index contributed by atoms with van der Waals surface area (Å²) in [6.45, 7) is 0.0720. The van der Waals surface area contributed by atoms with Gasteiger partial charge in [-0.2, -0.15) is 5.10 Å². The summed E-state index contributed by atoms with van der Waals surface area (Å²) >= 11 is 8.19. The highest BCUT2D eigenvalue weighted by Gasteiger charge is 2.20. The fourth-order valence-corrected chi connectivity index (χ4v) is 3.04. The Morgan fingerprint density at radius 2 is 2.17 bits per heavy atom. The number of hydrogen-bond donors (Lipinski definition) is 1. The van der Waals surface area contributed by atoms with Gasteiger partial charge in [-0.25, -0.2) is 4.39 Å². The van der Waals surface area contributed by atoms with Gasteiger partial charge >= 0.3 is 0 Å². The van der Waals surface area contributed by atoms with Gasteiger partial charge in [0.1, 0.15) is 5.82 Å². The molecule has 0 saturated heterocycles. The molecule has 7 heteroatoms. The van der Waals surface area contributed by atoms with Crippen molar-refractivity contribution in [3.63, 3.8) is 0 Å². The molecule has 4 nitrogen and oxygen atoms in total. The number of hydrogen-bond acceptors (Lipinski definition) is 2. The zero-order valence-electron chi connectivity index (χ0n) is 12.1. The highest BCUT2D eigenvalue weighted by Crippen LogP contribution is 2.23. The summed E-state index contributed by atoms with van der Waals surface area (Å²) in [7, 11) is 1.60. The summed E-state index contributed by atoms with van der Waals surface area (Å²) in [5.41, 5.74) is 1.39. The van der Waals surface area contributed by atoms with E-state index in [0.717, 1.165) is 14.5 Å². The van der Waals surface area contributed by atoms with Gasteiger partial charge < -0.3 is 4.90 Å². The van der Waals surface area contributed by atoms with E-state index in [1.807, 2.05) is 18.2 Å². The maximum Gasteiger partial charge on any atom is 0.275 e. The number of nitrogens with zero attached hydrogens (tertiary/aromatic N) is 2. The van der Waals surface area contributed by atoms with Crippen LogP contribution in [-0.4, -0.2) is 28.1 Å². The predicted octanol–water partition coefficient (Wildman–Crippen LogP) is 4.23. The molecular formula is C16H12ClFIN3O. The minimum absolute atomic E-state index is 0.0720. The van der Waals surface area contributed by atoms with Gasteiger partial charge in [0.25, 0.3) is 5.91 Å². The molecule has 23 heavy (non-hydrogen) atoms. The van der Waals surface area contributed by atoms with E-state index in [1.54, 1.807) is 13.1 Å². The number of nitrogens with one attached hydrogen (secondary N) is 1. The van der Waals surface area contributed by atoms with Crippen molar-refractivity contribution in [3.05, 3.63) is 62.1 Å². The van der Waals surface area contributed by atoms with Crippen molar-refractivity contribution in [1.29, 1.82) is 0 Å². The molecule has 2 aromatic carbocycles. The quantitative estimate of drug-likeness (QED) is 0.616. The van der Waals surface area contributed by atoms with Crippen molar-refractivity contribution in [2.75, 3.05) is 7.05 Å². The molecule has 3 rings (SSSR count). The minimum Gasteiger partial charge on any atom is -0.336 e. The molecule has 0 radical (unpaired) electrons. The second kappa shape index (κ2) is 6.45. The third-order valence-corrected chi connectivity index (χ3v) is 4.56. The van der Waals surface area contributed by atoms with Gasteiger partial charge in [0.15, 0.2) is 5.69 Å². The highest BCUT2D eigenvalue weighted by molar-refractivity contribution is 14.1. The van der Waals surface area contributed by atoms with E-state index in [1.165, 1.54) is 17.0 Å². The van der Waals surface area contributed by atoms with Crippen molar-refractivity contribution in [2.24, 2.45) is 0 Å². The van der Waals surface area contributed by atoms with E-state index in [9.17, 15) is 9.18 Å². The van der Waals surface area contributed by atoms with Crippen molar-refractivity contribution in [3.8, 4) is 0 Å². The van der Waals surface area contributed by atoms with Crippen LogP contribution in [0.15, 0.2) is 36.4 Å². The normalized spacial score (nSPS) is 11.0. The highest BCUT2D eigenvalue weighted by atomic mass is 127. The number of H-pyrrole nitrogens is 1. The topological polar surface area (TPSA) is 49.0 Å².